The molecule has 0 rings (SSSR count). The molecule has 0 aromatic carbocycles. The van der Waals surface area contributed by atoms with Gasteiger partial charge < -0.3 is 42.7 Å². The molecule has 1 amide bonds. The van der Waals surface area contributed by atoms with Crippen molar-refractivity contribution < 1.29 is 28.6 Å². The van der Waals surface area contributed by atoms with E-state index in [-0.39, 0.29) is 18.8 Å². The number of rotatable bonds is 19. The van der Waals surface area contributed by atoms with Gasteiger partial charge in [0.05, 0.1) is 0 Å². The molecule has 10 N–H and O–H groups in total. The Labute approximate surface area is 187 Å². The van der Waals surface area contributed by atoms with Crippen LogP contribution in [0.2, 0.25) is 0 Å². The molecule has 184 valence electrons. The Balaban J connectivity index is 4.18. The van der Waals surface area contributed by atoms with E-state index in [4.69, 9.17) is 27.0 Å². The number of esters is 1. The van der Waals surface area contributed by atoms with Crippen molar-refractivity contribution in [1.29, 1.82) is 10.8 Å². The van der Waals surface area contributed by atoms with Gasteiger partial charge in [-0.1, -0.05) is 6.42 Å². The molecule has 0 aliphatic heterocycles. The van der Waals surface area contributed by atoms with Crippen molar-refractivity contribution in [3.05, 3.63) is 0 Å². The number of amides is 1. The van der Waals surface area contributed by atoms with Gasteiger partial charge in [0.15, 0.2) is 6.61 Å². The van der Waals surface area contributed by atoms with E-state index in [1.54, 1.807) is 0 Å². The van der Waals surface area contributed by atoms with Gasteiger partial charge in [0.2, 0.25) is 0 Å². The molecule has 0 aromatic rings. The number of carboxylic acid groups (broad SMARTS) is 1. The monoisotopic (exact) mass is 461 g/mol. The molecule has 0 radical (unpaired) electrons. The zero-order valence-corrected chi connectivity index (χ0v) is 18.3. The molecule has 0 aliphatic rings. The molecule has 2 atom stereocenters. The van der Waals surface area contributed by atoms with E-state index in [9.17, 15) is 23.9 Å². The number of carbonyl (C=O) groups excluding carboxylic acids is 2. The number of ether oxygens (including phenoxy) is 1. The molecular weight excluding hydrogens is 425 g/mol. The number of alkyl halides is 1. The minimum atomic E-state index is -1.71. The van der Waals surface area contributed by atoms with Crippen molar-refractivity contribution in [2.75, 3.05) is 39.5 Å². The van der Waals surface area contributed by atoms with Gasteiger partial charge in [-0.15, -0.1) is 0 Å². The fraction of sp³-hybridized carbons (Fsp3) is 0.737. The van der Waals surface area contributed by atoms with Gasteiger partial charge in [-0.2, -0.15) is 0 Å². The number of carboxylic acids is 1. The van der Waals surface area contributed by atoms with E-state index in [2.05, 4.69) is 16.0 Å². The molecule has 0 fully saturated rings. The Kier molecular flexibility index (Phi) is 15.6. The third-order valence-electron chi connectivity index (χ3n) is 4.56. The fourth-order valence-corrected chi connectivity index (χ4v) is 2.58. The Hall–Kier alpha value is -2.64. The second-order valence-electron chi connectivity index (χ2n) is 7.35. The van der Waals surface area contributed by atoms with E-state index >= 15 is 0 Å². The standard InChI is InChI=1S/C19H36FN7O5/c20-11-15(23)26-9-4-2-6-19(24,18(30)31)13-27-16(28)12-32-17(29)14(22)5-1-3-8-25-10-7-21/h7,14,21,25H,1-6,8-13,22,24H2,(H2,23,26)(H,27,28)(H,30,31). The summed E-state index contributed by atoms with van der Waals surface area (Å²) >= 11 is 0. The minimum Gasteiger partial charge on any atom is -0.480 e. The number of aliphatic carboxylic acids is 1. The Bertz CT molecular complexity index is 623. The molecule has 0 saturated heterocycles. The average Bonchev–Trinajstić information content (AvgIpc) is 2.77. The molecule has 0 aliphatic carbocycles. The van der Waals surface area contributed by atoms with Crippen LogP contribution >= 0.6 is 0 Å². The van der Waals surface area contributed by atoms with Crippen LogP contribution in [0.15, 0.2) is 0 Å². The predicted octanol–water partition coefficient (Wildman–Crippen LogP) is -1.13. The summed E-state index contributed by atoms with van der Waals surface area (Å²) in [6.45, 7) is -0.373. The van der Waals surface area contributed by atoms with E-state index in [1.807, 2.05) is 0 Å². The van der Waals surface area contributed by atoms with E-state index < -0.39 is 42.7 Å². The lowest BCUT2D eigenvalue weighted by molar-refractivity contribution is -0.150. The van der Waals surface area contributed by atoms with E-state index in [0.717, 1.165) is 6.42 Å². The van der Waals surface area contributed by atoms with E-state index in [1.165, 1.54) is 6.21 Å². The summed E-state index contributed by atoms with van der Waals surface area (Å²) in [5, 5.41) is 31.3. The van der Waals surface area contributed by atoms with Gasteiger partial charge in [0, 0.05) is 25.8 Å². The fourth-order valence-electron chi connectivity index (χ4n) is 2.58. The summed E-state index contributed by atoms with van der Waals surface area (Å²) in [5.74, 6) is -2.97. The van der Waals surface area contributed by atoms with E-state index in [0.29, 0.717) is 45.3 Å². The number of hydrogen-bond acceptors (Lipinski definition) is 9. The number of carbonyl (C=O) groups is 3. The quantitative estimate of drug-likeness (QED) is 0.0504. The van der Waals surface area contributed by atoms with Crippen LogP contribution in [0.4, 0.5) is 4.39 Å². The summed E-state index contributed by atoms with van der Waals surface area (Å²) in [6.07, 6.45) is 3.98. The molecule has 0 spiro atoms. The number of unbranched alkanes of at least 4 members (excludes halogenated alkanes) is 2. The molecule has 13 heteroatoms. The third-order valence-corrected chi connectivity index (χ3v) is 4.56. The summed E-state index contributed by atoms with van der Waals surface area (Å²) < 4.78 is 17.0. The molecule has 0 saturated carbocycles. The van der Waals surface area contributed by atoms with Crippen LogP contribution in [0.1, 0.15) is 38.5 Å². The van der Waals surface area contributed by atoms with Gasteiger partial charge >= 0.3 is 11.9 Å². The highest BCUT2D eigenvalue weighted by Gasteiger charge is 2.33. The first kappa shape index (κ1) is 29.4. The van der Waals surface area contributed by atoms with Gasteiger partial charge in [-0.3, -0.25) is 19.8 Å². The number of nitrogens with one attached hydrogen (secondary N) is 5. The highest BCUT2D eigenvalue weighted by Crippen LogP contribution is 2.11. The Morgan fingerprint density at radius 2 is 1.84 bits per heavy atom. The van der Waals surface area contributed by atoms with Crippen LogP contribution in [0.5, 0.6) is 0 Å². The van der Waals surface area contributed by atoms with Gasteiger partial charge in [-0.25, -0.2) is 4.39 Å². The molecule has 2 unspecified atom stereocenters. The maximum absolute atomic E-state index is 12.2. The molecule has 0 aromatic heterocycles. The van der Waals surface area contributed by atoms with Crippen LogP contribution < -0.4 is 27.4 Å². The summed E-state index contributed by atoms with van der Waals surface area (Å²) in [5.41, 5.74) is 9.90. The van der Waals surface area contributed by atoms with Crippen LogP contribution in [0.25, 0.3) is 0 Å². The number of hydrogen-bond donors (Lipinski definition) is 8. The summed E-state index contributed by atoms with van der Waals surface area (Å²) in [7, 11) is 0. The van der Waals surface area contributed by atoms with Crippen LogP contribution in [0, 0.1) is 10.8 Å². The van der Waals surface area contributed by atoms with Crippen LogP contribution in [-0.4, -0.2) is 86.0 Å². The molecule has 12 nitrogen and oxygen atoms in total. The first-order valence-corrected chi connectivity index (χ1v) is 10.4. The first-order valence-electron chi connectivity index (χ1n) is 10.4. The van der Waals surface area contributed by atoms with Gasteiger partial charge in [0.1, 0.15) is 24.1 Å². The Morgan fingerprint density at radius 1 is 1.16 bits per heavy atom. The van der Waals surface area contributed by atoms with Crippen molar-refractivity contribution in [2.24, 2.45) is 11.5 Å². The summed E-state index contributed by atoms with van der Waals surface area (Å²) in [4.78, 5) is 35.3. The zero-order valence-electron chi connectivity index (χ0n) is 18.3. The maximum Gasteiger partial charge on any atom is 0.325 e. The van der Waals surface area contributed by atoms with Crippen molar-refractivity contribution in [3.8, 4) is 0 Å². The molecule has 0 bridgehead atoms. The number of nitrogens with two attached hydrogens (primary N) is 2. The molecule has 0 heterocycles. The normalized spacial score (nSPS) is 13.5. The topological polar surface area (TPSA) is 216 Å². The smallest absolute Gasteiger partial charge is 0.325 e. The second kappa shape index (κ2) is 17.0. The maximum atomic E-state index is 12.2. The lowest BCUT2D eigenvalue weighted by atomic mass is 9.93. The highest BCUT2D eigenvalue weighted by atomic mass is 19.1. The lowest BCUT2D eigenvalue weighted by Gasteiger charge is -2.25. The van der Waals surface area contributed by atoms with Gasteiger partial charge in [0.25, 0.3) is 5.91 Å². The van der Waals surface area contributed by atoms with Crippen molar-refractivity contribution in [3.63, 3.8) is 0 Å². The third kappa shape index (κ3) is 13.6. The minimum absolute atomic E-state index is 0.0482. The van der Waals surface area contributed by atoms with Crippen molar-refractivity contribution in [1.82, 2.24) is 16.0 Å². The lowest BCUT2D eigenvalue weighted by Crippen LogP contribution is -2.56. The first-order chi connectivity index (χ1) is 15.2. The average molecular weight is 462 g/mol. The second-order valence-corrected chi connectivity index (χ2v) is 7.35. The largest absolute Gasteiger partial charge is 0.480 e. The van der Waals surface area contributed by atoms with Gasteiger partial charge in [-0.05, 0) is 38.6 Å². The predicted molar refractivity (Wildman–Crippen MR) is 118 cm³/mol. The van der Waals surface area contributed by atoms with Crippen molar-refractivity contribution >= 4 is 29.9 Å². The number of halogens is 1. The number of amidine groups is 1. The highest BCUT2D eigenvalue weighted by molar-refractivity contribution is 5.84. The summed E-state index contributed by atoms with van der Waals surface area (Å²) in [6, 6.07) is -0.870. The van der Waals surface area contributed by atoms with Crippen LogP contribution in [-0.2, 0) is 19.1 Å². The SMILES string of the molecule is N=CCNCCCCC(N)C(=O)OCC(=O)NCC(N)(CCCCNC(=N)CF)C(=O)O. The molecule has 32 heavy (non-hydrogen) atoms. The Morgan fingerprint density at radius 3 is 2.47 bits per heavy atom. The zero-order chi connectivity index (χ0) is 24.4. The molecular formula is C19H36FN7O5. The van der Waals surface area contributed by atoms with Crippen LogP contribution in [0.3, 0.4) is 0 Å². The van der Waals surface area contributed by atoms with Crippen molar-refractivity contribution in [2.45, 2.75) is 50.1 Å².